The van der Waals surface area contributed by atoms with E-state index < -0.39 is 0 Å². The lowest BCUT2D eigenvalue weighted by Crippen LogP contribution is -2.20. The first-order valence-corrected chi connectivity index (χ1v) is 5.05. The molecule has 12 heavy (non-hydrogen) atoms. The number of hydrogen-bond donors (Lipinski definition) is 0. The van der Waals surface area contributed by atoms with Crippen molar-refractivity contribution >= 4 is 5.78 Å². The van der Waals surface area contributed by atoms with Crippen molar-refractivity contribution in [1.82, 2.24) is 0 Å². The summed E-state index contributed by atoms with van der Waals surface area (Å²) in [4.78, 5) is 11.6. The van der Waals surface area contributed by atoms with Crippen molar-refractivity contribution in [2.24, 2.45) is 23.2 Å². The summed E-state index contributed by atoms with van der Waals surface area (Å²) in [5.74, 6) is 2.29. The van der Waals surface area contributed by atoms with E-state index in [1.807, 2.05) is 0 Å². The average Bonchev–Trinajstić information content (AvgIpc) is 2.38. The molecule has 3 atom stereocenters. The van der Waals surface area contributed by atoms with E-state index in [1.165, 1.54) is 6.42 Å². The summed E-state index contributed by atoms with van der Waals surface area (Å²) in [6.07, 6.45) is 3.25. The Labute approximate surface area is 74.5 Å². The van der Waals surface area contributed by atoms with Gasteiger partial charge >= 0.3 is 0 Å². The smallest absolute Gasteiger partial charge is 0.136 e. The van der Waals surface area contributed by atoms with Crippen molar-refractivity contribution in [3.05, 3.63) is 0 Å². The molecular weight excluding hydrogens is 148 g/mol. The van der Waals surface area contributed by atoms with Gasteiger partial charge in [-0.3, -0.25) is 4.79 Å². The van der Waals surface area contributed by atoms with E-state index in [9.17, 15) is 4.79 Å². The van der Waals surface area contributed by atoms with Crippen LogP contribution in [0.4, 0.5) is 0 Å². The molecule has 0 aliphatic heterocycles. The second kappa shape index (κ2) is 2.34. The molecule has 0 saturated heterocycles. The van der Waals surface area contributed by atoms with E-state index in [-0.39, 0.29) is 0 Å². The molecule has 0 bridgehead atoms. The first-order chi connectivity index (χ1) is 5.52. The largest absolute Gasteiger partial charge is 0.299 e. The molecule has 0 aromatic carbocycles. The monoisotopic (exact) mass is 166 g/mol. The number of Topliss-reactive ketones (excluding diaryl/α,β-unsaturated/α-hetero) is 1. The minimum Gasteiger partial charge on any atom is -0.299 e. The van der Waals surface area contributed by atoms with Crippen molar-refractivity contribution < 1.29 is 4.79 Å². The molecule has 2 rings (SSSR count). The van der Waals surface area contributed by atoms with Crippen LogP contribution in [0.25, 0.3) is 0 Å². The van der Waals surface area contributed by atoms with E-state index in [0.29, 0.717) is 29.0 Å². The Kier molecular flexibility index (Phi) is 1.61. The van der Waals surface area contributed by atoms with Crippen molar-refractivity contribution in [3.8, 4) is 0 Å². The maximum absolute atomic E-state index is 11.6. The molecule has 68 valence electrons. The van der Waals surface area contributed by atoms with Gasteiger partial charge in [0.2, 0.25) is 0 Å². The van der Waals surface area contributed by atoms with E-state index in [0.717, 1.165) is 12.8 Å². The third-order valence-electron chi connectivity index (χ3n) is 3.97. The zero-order chi connectivity index (χ0) is 8.93. The van der Waals surface area contributed by atoms with Gasteiger partial charge in [0.1, 0.15) is 5.78 Å². The molecule has 0 aromatic heterocycles. The molecule has 0 amide bonds. The predicted octanol–water partition coefficient (Wildman–Crippen LogP) is 2.65. The molecule has 1 nitrogen and oxygen atoms in total. The van der Waals surface area contributed by atoms with Crippen molar-refractivity contribution in [1.29, 1.82) is 0 Å². The lowest BCUT2D eigenvalue weighted by molar-refractivity contribution is -0.122. The van der Waals surface area contributed by atoms with Crippen molar-refractivity contribution in [3.63, 3.8) is 0 Å². The number of fused-ring (bicyclic) bond motifs is 1. The summed E-state index contributed by atoms with van der Waals surface area (Å²) in [6, 6.07) is 0. The second-order valence-electron chi connectivity index (χ2n) is 5.31. The Morgan fingerprint density at radius 1 is 1.42 bits per heavy atom. The van der Waals surface area contributed by atoms with Crippen LogP contribution >= 0.6 is 0 Å². The number of rotatable bonds is 0. The Morgan fingerprint density at radius 2 is 2.08 bits per heavy atom. The van der Waals surface area contributed by atoms with Gasteiger partial charge < -0.3 is 0 Å². The van der Waals surface area contributed by atoms with Crippen LogP contribution < -0.4 is 0 Å². The third kappa shape index (κ3) is 0.949. The van der Waals surface area contributed by atoms with Gasteiger partial charge in [0.25, 0.3) is 0 Å². The highest BCUT2D eigenvalue weighted by atomic mass is 16.1. The van der Waals surface area contributed by atoms with Crippen molar-refractivity contribution in [2.75, 3.05) is 0 Å². The predicted molar refractivity (Wildman–Crippen MR) is 48.8 cm³/mol. The molecule has 1 heteroatoms. The fourth-order valence-electron chi connectivity index (χ4n) is 3.57. The Morgan fingerprint density at radius 3 is 2.67 bits per heavy atom. The summed E-state index contributed by atoms with van der Waals surface area (Å²) >= 11 is 0. The van der Waals surface area contributed by atoms with Gasteiger partial charge in [-0.25, -0.2) is 0 Å². The Bertz CT molecular complexity index is 217. The van der Waals surface area contributed by atoms with Crippen LogP contribution in [0.15, 0.2) is 0 Å². The SMILES string of the molecule is C[C@@H]1CC(C)(C)[C@@H]2CCC(=O)[C@H]12. The first-order valence-electron chi connectivity index (χ1n) is 5.05. The maximum Gasteiger partial charge on any atom is 0.136 e. The number of carbonyl (C=O) groups is 1. The molecule has 2 aliphatic carbocycles. The van der Waals surface area contributed by atoms with Gasteiger partial charge in [-0.2, -0.15) is 0 Å². The molecule has 2 saturated carbocycles. The lowest BCUT2D eigenvalue weighted by Gasteiger charge is -2.25. The summed E-state index contributed by atoms with van der Waals surface area (Å²) in [6.45, 7) is 6.90. The van der Waals surface area contributed by atoms with Crippen molar-refractivity contribution in [2.45, 2.75) is 40.0 Å². The van der Waals surface area contributed by atoms with E-state index in [1.54, 1.807) is 0 Å². The van der Waals surface area contributed by atoms with Crippen LogP contribution in [0.3, 0.4) is 0 Å². The molecule has 0 radical (unpaired) electrons. The second-order valence-corrected chi connectivity index (χ2v) is 5.31. The maximum atomic E-state index is 11.6. The highest BCUT2D eigenvalue weighted by Crippen LogP contribution is 2.55. The summed E-state index contributed by atoms with van der Waals surface area (Å²) in [5, 5.41) is 0. The van der Waals surface area contributed by atoms with Crippen LogP contribution in [0.1, 0.15) is 40.0 Å². The lowest BCUT2D eigenvalue weighted by atomic mass is 9.80. The van der Waals surface area contributed by atoms with Gasteiger partial charge in [0, 0.05) is 12.3 Å². The molecular formula is C11H18O. The van der Waals surface area contributed by atoms with Gasteiger partial charge in [-0.1, -0.05) is 20.8 Å². The summed E-state index contributed by atoms with van der Waals surface area (Å²) in [7, 11) is 0. The Balaban J connectivity index is 2.29. The van der Waals surface area contributed by atoms with Gasteiger partial charge in [0.15, 0.2) is 0 Å². The van der Waals surface area contributed by atoms with E-state index in [2.05, 4.69) is 20.8 Å². The van der Waals surface area contributed by atoms with Crippen LogP contribution in [0.5, 0.6) is 0 Å². The molecule has 0 N–H and O–H groups in total. The van der Waals surface area contributed by atoms with Gasteiger partial charge in [-0.05, 0) is 30.1 Å². The van der Waals surface area contributed by atoms with Gasteiger partial charge in [0.05, 0.1) is 0 Å². The minimum absolute atomic E-state index is 0.417. The average molecular weight is 166 g/mol. The molecule has 0 heterocycles. The molecule has 0 spiro atoms. The van der Waals surface area contributed by atoms with Crippen LogP contribution in [0, 0.1) is 23.2 Å². The minimum atomic E-state index is 0.417. The molecule has 0 aromatic rings. The fraction of sp³-hybridized carbons (Fsp3) is 0.909. The molecule has 2 aliphatic rings. The van der Waals surface area contributed by atoms with E-state index >= 15 is 0 Å². The van der Waals surface area contributed by atoms with Crippen LogP contribution in [-0.2, 0) is 4.79 Å². The summed E-state index contributed by atoms with van der Waals surface area (Å²) < 4.78 is 0. The number of carbonyl (C=O) groups excluding carboxylic acids is 1. The first kappa shape index (κ1) is 8.28. The quantitative estimate of drug-likeness (QED) is 0.540. The van der Waals surface area contributed by atoms with Crippen LogP contribution in [0.2, 0.25) is 0 Å². The normalized spacial score (nSPS) is 44.9. The van der Waals surface area contributed by atoms with E-state index in [4.69, 9.17) is 0 Å². The highest BCUT2D eigenvalue weighted by Gasteiger charge is 2.51. The third-order valence-corrected chi connectivity index (χ3v) is 3.97. The summed E-state index contributed by atoms with van der Waals surface area (Å²) in [5.41, 5.74) is 0.427. The Hall–Kier alpha value is -0.330. The molecule has 0 unspecified atom stereocenters. The fourth-order valence-corrected chi connectivity index (χ4v) is 3.57. The van der Waals surface area contributed by atoms with Crippen LogP contribution in [-0.4, -0.2) is 5.78 Å². The number of ketones is 1. The zero-order valence-electron chi connectivity index (χ0n) is 8.26. The zero-order valence-corrected chi connectivity index (χ0v) is 8.26. The number of hydrogen-bond acceptors (Lipinski definition) is 1. The topological polar surface area (TPSA) is 17.1 Å². The molecule has 2 fully saturated rings. The van der Waals surface area contributed by atoms with Gasteiger partial charge in [-0.15, -0.1) is 0 Å². The highest BCUT2D eigenvalue weighted by molar-refractivity contribution is 5.84. The standard InChI is InChI=1S/C11H18O/c1-7-6-11(2,3)8-4-5-9(12)10(7)8/h7-8,10H,4-6H2,1-3H3/t7-,8-,10-/m1/s1.